The Hall–Kier alpha value is -3.16. The summed E-state index contributed by atoms with van der Waals surface area (Å²) in [5.41, 5.74) is 1.26. The summed E-state index contributed by atoms with van der Waals surface area (Å²) in [5, 5.41) is 1.04. The number of aromatic nitrogens is 2. The van der Waals surface area contributed by atoms with E-state index in [9.17, 15) is 9.59 Å². The largest absolute Gasteiger partial charge is 0.490 e. The van der Waals surface area contributed by atoms with Gasteiger partial charge in [-0.3, -0.25) is 9.36 Å². The number of esters is 1. The number of nitrogens with zero attached hydrogens (tertiary/aromatic N) is 2. The van der Waals surface area contributed by atoms with Crippen LogP contribution in [0, 0.1) is 6.92 Å². The summed E-state index contributed by atoms with van der Waals surface area (Å²) in [5.74, 6) is 0.221. The summed E-state index contributed by atoms with van der Waals surface area (Å²) in [4.78, 5) is 30.8. The lowest BCUT2D eigenvalue weighted by Gasteiger charge is -2.07. The van der Waals surface area contributed by atoms with Crippen LogP contribution in [-0.4, -0.2) is 28.7 Å². The van der Waals surface area contributed by atoms with E-state index < -0.39 is 5.97 Å². The molecule has 0 spiro atoms. The van der Waals surface area contributed by atoms with Crippen LogP contribution in [0.1, 0.15) is 20.8 Å². The topological polar surface area (TPSA) is 70.4 Å². The molecule has 0 saturated carbocycles. The number of fused-ring (bicyclic) bond motifs is 1. The number of para-hydroxylation sites is 1. The molecular formula is C23H19ClN2O4S. The second-order valence-electron chi connectivity index (χ2n) is 6.84. The quantitative estimate of drug-likeness (QED) is 0.299. The van der Waals surface area contributed by atoms with Crippen molar-refractivity contribution in [1.29, 1.82) is 0 Å². The highest BCUT2D eigenvalue weighted by molar-refractivity contribution is 7.20. The average molecular weight is 455 g/mol. The fourth-order valence-corrected chi connectivity index (χ4v) is 4.42. The van der Waals surface area contributed by atoms with E-state index in [1.807, 2.05) is 42.5 Å². The van der Waals surface area contributed by atoms with Gasteiger partial charge in [-0.15, -0.1) is 11.3 Å². The Balaban J connectivity index is 1.48. The van der Waals surface area contributed by atoms with Crippen LogP contribution in [0.4, 0.5) is 0 Å². The monoisotopic (exact) mass is 454 g/mol. The minimum Gasteiger partial charge on any atom is -0.490 e. The molecule has 0 unspecified atom stereocenters. The number of rotatable bonds is 7. The van der Waals surface area contributed by atoms with Gasteiger partial charge in [0.1, 0.15) is 28.7 Å². The molecule has 0 aliphatic carbocycles. The first-order valence-corrected chi connectivity index (χ1v) is 10.8. The average Bonchev–Trinajstić information content (AvgIpc) is 3.11. The van der Waals surface area contributed by atoms with Gasteiger partial charge < -0.3 is 9.47 Å². The number of benzene rings is 2. The van der Waals surface area contributed by atoms with Gasteiger partial charge in [0, 0.05) is 5.02 Å². The van der Waals surface area contributed by atoms with Crippen LogP contribution in [-0.2, 0) is 11.3 Å². The smallest absolute Gasteiger partial charge is 0.348 e. The fourth-order valence-electron chi connectivity index (χ4n) is 3.17. The highest BCUT2D eigenvalue weighted by Crippen LogP contribution is 2.27. The molecule has 158 valence electrons. The number of hydrogen-bond donors (Lipinski definition) is 0. The molecule has 0 atom stereocenters. The molecule has 2 aromatic carbocycles. The van der Waals surface area contributed by atoms with Crippen molar-refractivity contribution >= 4 is 39.1 Å². The molecule has 4 rings (SSSR count). The predicted octanol–water partition coefficient (Wildman–Crippen LogP) is 4.70. The van der Waals surface area contributed by atoms with Crippen LogP contribution in [0.3, 0.4) is 0 Å². The molecule has 0 fully saturated rings. The Labute approximate surface area is 187 Å². The lowest BCUT2D eigenvalue weighted by atomic mass is 10.2. The number of thiophene rings is 1. The van der Waals surface area contributed by atoms with Gasteiger partial charge in [0.05, 0.1) is 18.3 Å². The zero-order valence-electron chi connectivity index (χ0n) is 16.7. The van der Waals surface area contributed by atoms with Crippen molar-refractivity contribution in [2.24, 2.45) is 0 Å². The highest BCUT2D eigenvalue weighted by atomic mass is 35.5. The Morgan fingerprint density at radius 3 is 2.71 bits per heavy atom. The van der Waals surface area contributed by atoms with Gasteiger partial charge in [-0.05, 0) is 42.3 Å². The molecule has 4 aromatic rings. The van der Waals surface area contributed by atoms with Crippen LogP contribution in [0.15, 0.2) is 65.7 Å². The molecule has 2 aromatic heterocycles. The maximum absolute atomic E-state index is 13.0. The molecule has 0 radical (unpaired) electrons. The third kappa shape index (κ3) is 4.78. The normalized spacial score (nSPS) is 10.9. The Bertz CT molecular complexity index is 1280. The molecule has 2 heterocycles. The maximum atomic E-state index is 13.0. The molecule has 0 N–H and O–H groups in total. The second-order valence-corrected chi connectivity index (χ2v) is 8.28. The van der Waals surface area contributed by atoms with Crippen molar-refractivity contribution in [2.45, 2.75) is 13.5 Å². The molecule has 31 heavy (non-hydrogen) atoms. The highest BCUT2D eigenvalue weighted by Gasteiger charge is 2.20. The van der Waals surface area contributed by atoms with Gasteiger partial charge in [0.25, 0.3) is 5.56 Å². The Morgan fingerprint density at radius 2 is 1.94 bits per heavy atom. The number of ether oxygens (including phenoxy) is 2. The zero-order valence-corrected chi connectivity index (χ0v) is 18.3. The molecule has 0 saturated heterocycles. The minimum absolute atomic E-state index is 0.105. The number of aryl methyl sites for hydroxylation is 1. The summed E-state index contributed by atoms with van der Waals surface area (Å²) < 4.78 is 12.4. The van der Waals surface area contributed by atoms with Crippen molar-refractivity contribution in [3.05, 3.63) is 92.3 Å². The predicted molar refractivity (Wildman–Crippen MR) is 121 cm³/mol. The third-order valence-corrected chi connectivity index (χ3v) is 6.09. The van der Waals surface area contributed by atoms with Crippen molar-refractivity contribution in [1.82, 2.24) is 9.55 Å². The standard InChI is InChI=1S/C23H19ClN2O4S/c1-15-19-21(25-14-26(22(19)27)13-16-6-5-7-17(24)12-16)31-20(15)23(28)30-11-10-29-18-8-3-2-4-9-18/h2-9,12,14H,10-11,13H2,1H3. The Morgan fingerprint density at radius 1 is 1.13 bits per heavy atom. The van der Waals surface area contributed by atoms with E-state index in [0.29, 0.717) is 38.0 Å². The number of carbonyl (C=O) groups is 1. The van der Waals surface area contributed by atoms with E-state index >= 15 is 0 Å². The maximum Gasteiger partial charge on any atom is 0.348 e. The van der Waals surface area contributed by atoms with Gasteiger partial charge in [0.15, 0.2) is 0 Å². The fraction of sp³-hybridized carbons (Fsp3) is 0.174. The zero-order chi connectivity index (χ0) is 21.8. The van der Waals surface area contributed by atoms with E-state index in [0.717, 1.165) is 16.9 Å². The molecule has 6 nitrogen and oxygen atoms in total. The summed E-state index contributed by atoms with van der Waals surface area (Å²) in [6.07, 6.45) is 1.49. The van der Waals surface area contributed by atoms with Gasteiger partial charge in [0.2, 0.25) is 0 Å². The molecule has 0 aliphatic heterocycles. The summed E-state index contributed by atoms with van der Waals surface area (Å²) in [6.45, 7) is 2.43. The van der Waals surface area contributed by atoms with E-state index in [-0.39, 0.29) is 18.8 Å². The van der Waals surface area contributed by atoms with E-state index in [4.69, 9.17) is 21.1 Å². The molecule has 0 aliphatic rings. The van der Waals surface area contributed by atoms with Crippen molar-refractivity contribution in [3.63, 3.8) is 0 Å². The number of carbonyl (C=O) groups excluding carboxylic acids is 1. The first-order valence-electron chi connectivity index (χ1n) is 9.61. The van der Waals surface area contributed by atoms with Gasteiger partial charge in [-0.25, -0.2) is 9.78 Å². The van der Waals surface area contributed by atoms with Crippen molar-refractivity contribution in [3.8, 4) is 5.75 Å². The lowest BCUT2D eigenvalue weighted by molar-refractivity contribution is 0.0455. The SMILES string of the molecule is Cc1c(C(=O)OCCOc2ccccc2)sc2ncn(Cc3cccc(Cl)c3)c(=O)c12. The Kier molecular flexibility index (Phi) is 6.34. The van der Waals surface area contributed by atoms with Crippen LogP contribution in [0.25, 0.3) is 10.2 Å². The third-order valence-electron chi connectivity index (χ3n) is 4.67. The lowest BCUT2D eigenvalue weighted by Crippen LogP contribution is -2.21. The first kappa shape index (κ1) is 21.1. The van der Waals surface area contributed by atoms with Crippen LogP contribution in [0.5, 0.6) is 5.75 Å². The molecule has 0 bridgehead atoms. The van der Waals surface area contributed by atoms with E-state index in [1.165, 1.54) is 10.9 Å². The van der Waals surface area contributed by atoms with Crippen LogP contribution < -0.4 is 10.3 Å². The van der Waals surface area contributed by atoms with Crippen molar-refractivity contribution in [2.75, 3.05) is 13.2 Å². The van der Waals surface area contributed by atoms with Gasteiger partial charge >= 0.3 is 5.97 Å². The van der Waals surface area contributed by atoms with E-state index in [1.54, 1.807) is 19.1 Å². The summed E-state index contributed by atoms with van der Waals surface area (Å²) in [6, 6.07) is 16.6. The van der Waals surface area contributed by atoms with Crippen molar-refractivity contribution < 1.29 is 14.3 Å². The molecule has 8 heteroatoms. The van der Waals surface area contributed by atoms with Gasteiger partial charge in [-0.2, -0.15) is 0 Å². The van der Waals surface area contributed by atoms with E-state index in [2.05, 4.69) is 4.98 Å². The van der Waals surface area contributed by atoms with Crippen LogP contribution >= 0.6 is 22.9 Å². The molecular weight excluding hydrogens is 436 g/mol. The van der Waals surface area contributed by atoms with Gasteiger partial charge in [-0.1, -0.05) is 41.9 Å². The number of hydrogen-bond acceptors (Lipinski definition) is 6. The second kappa shape index (κ2) is 9.32. The first-order chi connectivity index (χ1) is 15.0. The molecule has 0 amide bonds. The minimum atomic E-state index is -0.488. The summed E-state index contributed by atoms with van der Waals surface area (Å²) in [7, 11) is 0. The van der Waals surface area contributed by atoms with Crippen LogP contribution in [0.2, 0.25) is 5.02 Å². The summed E-state index contributed by atoms with van der Waals surface area (Å²) >= 11 is 7.19. The number of halogens is 1.